The number of benzene rings is 3. The second-order valence-electron chi connectivity index (χ2n) is 7.72. The Morgan fingerprint density at radius 1 is 0.939 bits per heavy atom. The minimum absolute atomic E-state index is 0.00240. The van der Waals surface area contributed by atoms with Gasteiger partial charge >= 0.3 is 12.1 Å². The molecule has 3 aromatic rings. The van der Waals surface area contributed by atoms with E-state index in [2.05, 4.69) is 5.32 Å². The SMILES string of the molecule is O=C(NCC(O)C(O)c1c(Cl)cccc1C(=O)O)OCC1c2ccccc2-c2ccccc21. The van der Waals surface area contributed by atoms with Crippen LogP contribution in [0.4, 0.5) is 4.79 Å². The quantitative estimate of drug-likeness (QED) is 0.418. The van der Waals surface area contributed by atoms with Gasteiger partial charge in [-0.3, -0.25) is 0 Å². The monoisotopic (exact) mass is 467 g/mol. The summed E-state index contributed by atoms with van der Waals surface area (Å²) < 4.78 is 5.40. The highest BCUT2D eigenvalue weighted by molar-refractivity contribution is 6.31. The molecule has 33 heavy (non-hydrogen) atoms. The third kappa shape index (κ3) is 4.57. The molecule has 2 atom stereocenters. The van der Waals surface area contributed by atoms with E-state index in [1.165, 1.54) is 18.2 Å². The van der Waals surface area contributed by atoms with Gasteiger partial charge < -0.3 is 25.4 Å². The summed E-state index contributed by atoms with van der Waals surface area (Å²) >= 11 is 6.03. The first-order valence-electron chi connectivity index (χ1n) is 10.3. The number of fused-ring (bicyclic) bond motifs is 3. The smallest absolute Gasteiger partial charge is 0.407 e. The molecule has 0 spiro atoms. The number of aliphatic hydroxyl groups is 2. The first kappa shape index (κ1) is 22.8. The number of rotatable bonds is 7. The van der Waals surface area contributed by atoms with Crippen LogP contribution in [0.15, 0.2) is 66.7 Å². The molecule has 8 heteroatoms. The average molecular weight is 468 g/mol. The van der Waals surface area contributed by atoms with E-state index in [0.29, 0.717) is 0 Å². The van der Waals surface area contributed by atoms with Gasteiger partial charge in [0.1, 0.15) is 18.8 Å². The van der Waals surface area contributed by atoms with Crippen molar-refractivity contribution >= 4 is 23.7 Å². The van der Waals surface area contributed by atoms with Crippen molar-refractivity contribution in [2.24, 2.45) is 0 Å². The molecule has 1 aliphatic rings. The topological polar surface area (TPSA) is 116 Å². The number of carboxylic acids is 1. The molecule has 1 amide bonds. The van der Waals surface area contributed by atoms with Crippen LogP contribution in [0.3, 0.4) is 0 Å². The number of nitrogens with one attached hydrogen (secondary N) is 1. The van der Waals surface area contributed by atoms with E-state index in [0.717, 1.165) is 22.3 Å². The molecule has 7 nitrogen and oxygen atoms in total. The van der Waals surface area contributed by atoms with Crippen molar-refractivity contribution in [2.75, 3.05) is 13.2 Å². The lowest BCUT2D eigenvalue weighted by Crippen LogP contribution is -2.36. The summed E-state index contributed by atoms with van der Waals surface area (Å²) in [6.45, 7) is -0.256. The van der Waals surface area contributed by atoms with Crippen LogP contribution in [-0.4, -0.2) is 46.6 Å². The first-order valence-corrected chi connectivity index (χ1v) is 10.7. The number of alkyl carbamates (subject to hydrolysis) is 1. The highest BCUT2D eigenvalue weighted by Gasteiger charge is 2.30. The van der Waals surface area contributed by atoms with E-state index in [-0.39, 0.29) is 35.2 Å². The van der Waals surface area contributed by atoms with E-state index in [9.17, 15) is 24.9 Å². The predicted octanol–water partition coefficient (Wildman–Crippen LogP) is 3.97. The molecule has 4 rings (SSSR count). The minimum atomic E-state index is -1.61. The fourth-order valence-electron chi connectivity index (χ4n) is 4.17. The Bertz CT molecular complexity index is 1150. The number of hydrogen-bond donors (Lipinski definition) is 4. The van der Waals surface area contributed by atoms with E-state index in [4.69, 9.17) is 16.3 Å². The van der Waals surface area contributed by atoms with Gasteiger partial charge in [-0.1, -0.05) is 66.2 Å². The summed E-state index contributed by atoms with van der Waals surface area (Å²) in [7, 11) is 0. The fraction of sp³-hybridized carbons (Fsp3) is 0.200. The van der Waals surface area contributed by atoms with Gasteiger partial charge in [0, 0.05) is 23.0 Å². The third-order valence-corrected chi connectivity index (χ3v) is 6.07. The maximum atomic E-state index is 12.3. The van der Waals surface area contributed by atoms with Gasteiger partial charge in [0.2, 0.25) is 0 Å². The Morgan fingerprint density at radius 3 is 2.15 bits per heavy atom. The second-order valence-corrected chi connectivity index (χ2v) is 8.13. The lowest BCUT2D eigenvalue weighted by atomic mass is 9.98. The normalized spacial score (nSPS) is 14.2. The maximum absolute atomic E-state index is 12.3. The number of ether oxygens (including phenoxy) is 1. The lowest BCUT2D eigenvalue weighted by molar-refractivity contribution is 0.0176. The first-order chi connectivity index (χ1) is 15.9. The Balaban J connectivity index is 1.38. The van der Waals surface area contributed by atoms with Crippen LogP contribution in [-0.2, 0) is 4.74 Å². The largest absolute Gasteiger partial charge is 0.478 e. The van der Waals surface area contributed by atoms with E-state index < -0.39 is 24.3 Å². The van der Waals surface area contributed by atoms with Gasteiger partial charge in [-0.15, -0.1) is 0 Å². The Labute approximate surface area is 195 Å². The van der Waals surface area contributed by atoms with Crippen molar-refractivity contribution in [2.45, 2.75) is 18.1 Å². The van der Waals surface area contributed by atoms with E-state index in [1.54, 1.807) is 0 Å². The molecule has 0 heterocycles. The average Bonchev–Trinajstić information content (AvgIpc) is 3.14. The van der Waals surface area contributed by atoms with Crippen LogP contribution in [0.25, 0.3) is 11.1 Å². The highest BCUT2D eigenvalue weighted by Crippen LogP contribution is 2.44. The van der Waals surface area contributed by atoms with Crippen LogP contribution in [0.2, 0.25) is 5.02 Å². The van der Waals surface area contributed by atoms with Gasteiger partial charge in [0.05, 0.1) is 5.56 Å². The van der Waals surface area contributed by atoms with Crippen molar-refractivity contribution in [1.29, 1.82) is 0 Å². The summed E-state index contributed by atoms with van der Waals surface area (Å²) in [6.07, 6.45) is -3.87. The zero-order valence-electron chi connectivity index (χ0n) is 17.4. The van der Waals surface area contributed by atoms with Crippen LogP contribution < -0.4 is 5.32 Å². The Kier molecular flexibility index (Phi) is 6.65. The van der Waals surface area contributed by atoms with E-state index >= 15 is 0 Å². The Morgan fingerprint density at radius 2 is 1.55 bits per heavy atom. The zero-order valence-corrected chi connectivity index (χ0v) is 18.2. The van der Waals surface area contributed by atoms with Gasteiger partial charge in [0.15, 0.2) is 0 Å². The molecule has 0 aromatic heterocycles. The molecular weight excluding hydrogens is 446 g/mol. The number of aromatic carboxylic acids is 1. The van der Waals surface area contributed by atoms with Crippen LogP contribution >= 0.6 is 11.6 Å². The standard InChI is InChI=1S/C25H22ClNO6/c26-20-11-5-10-18(24(30)31)22(20)23(29)21(28)12-27-25(32)33-13-19-16-8-3-1-6-14(16)15-7-2-4-9-17(15)19/h1-11,19,21,23,28-29H,12-13H2,(H,27,32)(H,30,31). The summed E-state index contributed by atoms with van der Waals surface area (Å²) in [5.41, 5.74) is 4.01. The van der Waals surface area contributed by atoms with Gasteiger partial charge in [0.25, 0.3) is 0 Å². The number of carbonyl (C=O) groups excluding carboxylic acids is 1. The number of aliphatic hydroxyl groups excluding tert-OH is 2. The molecule has 0 fully saturated rings. The molecule has 0 saturated carbocycles. The van der Waals surface area contributed by atoms with E-state index in [1.807, 2.05) is 48.5 Å². The van der Waals surface area contributed by atoms with Crippen molar-refractivity contribution in [1.82, 2.24) is 5.32 Å². The molecule has 3 aromatic carbocycles. The maximum Gasteiger partial charge on any atom is 0.407 e. The predicted molar refractivity (Wildman–Crippen MR) is 122 cm³/mol. The molecule has 0 radical (unpaired) electrons. The highest BCUT2D eigenvalue weighted by atomic mass is 35.5. The van der Waals surface area contributed by atoms with Crippen LogP contribution in [0.5, 0.6) is 0 Å². The summed E-state index contributed by atoms with van der Waals surface area (Å²) in [5.74, 6) is -1.40. The van der Waals surface area contributed by atoms with Gasteiger partial charge in [-0.25, -0.2) is 9.59 Å². The molecule has 0 bridgehead atoms. The zero-order chi connectivity index (χ0) is 23.5. The Hall–Kier alpha value is -3.39. The number of carboxylic acid groups (broad SMARTS) is 1. The number of hydrogen-bond acceptors (Lipinski definition) is 5. The van der Waals surface area contributed by atoms with Crippen molar-refractivity contribution < 1.29 is 29.6 Å². The van der Waals surface area contributed by atoms with Gasteiger partial charge in [-0.05, 0) is 34.4 Å². The fourth-order valence-corrected chi connectivity index (χ4v) is 4.45. The molecule has 1 aliphatic carbocycles. The second kappa shape index (κ2) is 9.62. The summed E-state index contributed by atoms with van der Waals surface area (Å²) in [4.78, 5) is 23.7. The minimum Gasteiger partial charge on any atom is -0.478 e. The molecular formula is C25H22ClNO6. The third-order valence-electron chi connectivity index (χ3n) is 5.74. The number of amides is 1. The van der Waals surface area contributed by atoms with Crippen molar-refractivity contribution in [3.63, 3.8) is 0 Å². The molecule has 4 N–H and O–H groups in total. The number of halogens is 1. The van der Waals surface area contributed by atoms with Crippen molar-refractivity contribution in [3.8, 4) is 11.1 Å². The molecule has 0 saturated heterocycles. The molecule has 0 aliphatic heterocycles. The molecule has 2 unspecified atom stereocenters. The summed E-state index contributed by atoms with van der Waals surface area (Å²) in [5, 5.41) is 32.5. The lowest BCUT2D eigenvalue weighted by Gasteiger charge is -2.21. The summed E-state index contributed by atoms with van der Waals surface area (Å²) in [6, 6.07) is 20.0. The molecule has 170 valence electrons. The van der Waals surface area contributed by atoms with Crippen LogP contribution in [0, 0.1) is 0 Å². The van der Waals surface area contributed by atoms with Gasteiger partial charge in [-0.2, -0.15) is 0 Å². The van der Waals surface area contributed by atoms with Crippen LogP contribution in [0.1, 0.15) is 39.1 Å². The number of carbonyl (C=O) groups is 2. The van der Waals surface area contributed by atoms with Crippen molar-refractivity contribution in [3.05, 3.63) is 94.0 Å².